The minimum Gasteiger partial charge on any atom is -0.484 e. The average molecular weight is 364 g/mol. The first-order valence-electron chi connectivity index (χ1n) is 7.09. The van der Waals surface area contributed by atoms with E-state index in [9.17, 15) is 19.7 Å². The summed E-state index contributed by atoms with van der Waals surface area (Å²) < 4.78 is 5.26. The van der Waals surface area contributed by atoms with E-state index in [1.165, 1.54) is 12.1 Å². The molecular formula is C16H14ClN3O5. The zero-order valence-corrected chi connectivity index (χ0v) is 13.9. The molecular weight excluding hydrogens is 350 g/mol. The lowest BCUT2D eigenvalue weighted by atomic mass is 10.2. The summed E-state index contributed by atoms with van der Waals surface area (Å²) in [6.45, 7) is 1.62. The van der Waals surface area contributed by atoms with Gasteiger partial charge in [-0.05, 0) is 31.2 Å². The third kappa shape index (κ3) is 5.18. The second kappa shape index (κ2) is 8.11. The summed E-state index contributed by atoms with van der Waals surface area (Å²) in [5.74, 6) is -0.791. The van der Waals surface area contributed by atoms with E-state index in [1.54, 1.807) is 12.1 Å². The van der Waals surface area contributed by atoms with Gasteiger partial charge in [-0.1, -0.05) is 29.3 Å². The number of nitro groups is 1. The SMILES string of the molecule is Cc1ccc(OCC(=O)NNC(=O)c2ccc(Cl)c([N+](=O)[O-])c2)cc1. The summed E-state index contributed by atoms with van der Waals surface area (Å²) in [4.78, 5) is 33.7. The fourth-order valence-electron chi connectivity index (χ4n) is 1.81. The van der Waals surface area contributed by atoms with Crippen molar-refractivity contribution in [2.45, 2.75) is 6.92 Å². The van der Waals surface area contributed by atoms with Crippen molar-refractivity contribution in [1.29, 1.82) is 0 Å². The van der Waals surface area contributed by atoms with Crippen LogP contribution in [0.25, 0.3) is 0 Å². The van der Waals surface area contributed by atoms with Crippen molar-refractivity contribution < 1.29 is 19.2 Å². The van der Waals surface area contributed by atoms with Gasteiger partial charge in [-0.25, -0.2) is 0 Å². The molecule has 2 rings (SSSR count). The Hall–Kier alpha value is -3.13. The predicted octanol–water partition coefficient (Wildman–Crippen LogP) is 2.40. The quantitative estimate of drug-likeness (QED) is 0.626. The minimum atomic E-state index is -0.719. The lowest BCUT2D eigenvalue weighted by molar-refractivity contribution is -0.384. The molecule has 2 aromatic rings. The summed E-state index contributed by atoms with van der Waals surface area (Å²) in [6.07, 6.45) is 0. The van der Waals surface area contributed by atoms with Crippen LogP contribution in [0.3, 0.4) is 0 Å². The van der Waals surface area contributed by atoms with Gasteiger partial charge in [0.1, 0.15) is 10.8 Å². The maximum absolute atomic E-state index is 11.9. The normalized spacial score (nSPS) is 10.0. The number of benzene rings is 2. The Morgan fingerprint density at radius 2 is 1.84 bits per heavy atom. The van der Waals surface area contributed by atoms with Gasteiger partial charge >= 0.3 is 0 Å². The van der Waals surface area contributed by atoms with Gasteiger partial charge in [0.25, 0.3) is 17.5 Å². The molecule has 0 saturated heterocycles. The molecule has 2 N–H and O–H groups in total. The summed E-state index contributed by atoms with van der Waals surface area (Å²) in [5, 5.41) is 10.7. The third-order valence-corrected chi connectivity index (χ3v) is 3.43. The molecule has 0 aliphatic heterocycles. The molecule has 25 heavy (non-hydrogen) atoms. The van der Waals surface area contributed by atoms with Crippen molar-refractivity contribution in [3.05, 3.63) is 68.7 Å². The smallest absolute Gasteiger partial charge is 0.288 e. The molecule has 0 bridgehead atoms. The van der Waals surface area contributed by atoms with E-state index >= 15 is 0 Å². The summed E-state index contributed by atoms with van der Waals surface area (Å²) in [6, 6.07) is 10.7. The molecule has 2 aromatic carbocycles. The van der Waals surface area contributed by atoms with Crippen LogP contribution >= 0.6 is 11.6 Å². The van der Waals surface area contributed by atoms with Crippen molar-refractivity contribution in [3.63, 3.8) is 0 Å². The molecule has 0 aromatic heterocycles. The van der Waals surface area contributed by atoms with Crippen LogP contribution < -0.4 is 15.6 Å². The number of aryl methyl sites for hydroxylation is 1. The molecule has 8 nitrogen and oxygen atoms in total. The molecule has 0 aliphatic rings. The number of nitro benzene ring substituents is 1. The number of hydrogen-bond acceptors (Lipinski definition) is 5. The Morgan fingerprint density at radius 3 is 2.48 bits per heavy atom. The Bertz CT molecular complexity index is 808. The molecule has 130 valence electrons. The third-order valence-electron chi connectivity index (χ3n) is 3.11. The van der Waals surface area contributed by atoms with E-state index in [1.807, 2.05) is 19.1 Å². The van der Waals surface area contributed by atoms with Gasteiger partial charge in [0.2, 0.25) is 0 Å². The minimum absolute atomic E-state index is 0.0177. The number of nitrogens with zero attached hydrogens (tertiary/aromatic N) is 1. The molecule has 0 spiro atoms. The van der Waals surface area contributed by atoms with Gasteiger partial charge in [0, 0.05) is 11.6 Å². The molecule has 0 heterocycles. The Balaban J connectivity index is 1.87. The van der Waals surface area contributed by atoms with Crippen molar-refractivity contribution in [1.82, 2.24) is 10.9 Å². The molecule has 0 unspecified atom stereocenters. The maximum atomic E-state index is 11.9. The zero-order valence-electron chi connectivity index (χ0n) is 13.1. The number of rotatable bonds is 5. The van der Waals surface area contributed by atoms with Crippen LogP contribution in [0.15, 0.2) is 42.5 Å². The monoisotopic (exact) mass is 363 g/mol. The standard InChI is InChI=1S/C16H14ClN3O5/c1-10-2-5-12(6-3-10)25-9-15(21)18-19-16(22)11-4-7-13(17)14(8-11)20(23)24/h2-8H,9H2,1H3,(H,18,21)(H,19,22). The number of hydrazine groups is 1. The van der Waals surface area contributed by atoms with Crippen LogP contribution in [0.5, 0.6) is 5.75 Å². The van der Waals surface area contributed by atoms with Crippen molar-refractivity contribution in [2.24, 2.45) is 0 Å². The summed E-state index contributed by atoms with van der Waals surface area (Å²) in [5.41, 5.74) is 4.94. The fraction of sp³-hybridized carbons (Fsp3) is 0.125. The van der Waals surface area contributed by atoms with Crippen molar-refractivity contribution >= 4 is 29.1 Å². The molecule has 0 fully saturated rings. The van der Waals surface area contributed by atoms with E-state index in [4.69, 9.17) is 16.3 Å². The van der Waals surface area contributed by atoms with Crippen LogP contribution in [-0.2, 0) is 4.79 Å². The highest BCUT2D eigenvalue weighted by Crippen LogP contribution is 2.24. The van der Waals surface area contributed by atoms with Gasteiger partial charge in [-0.3, -0.25) is 30.6 Å². The largest absolute Gasteiger partial charge is 0.484 e. The second-order valence-corrected chi connectivity index (χ2v) is 5.43. The van der Waals surface area contributed by atoms with Gasteiger partial charge in [0.05, 0.1) is 4.92 Å². The first-order chi connectivity index (χ1) is 11.9. The number of carbonyl (C=O) groups excluding carboxylic acids is 2. The Morgan fingerprint density at radius 1 is 1.16 bits per heavy atom. The zero-order chi connectivity index (χ0) is 18.4. The van der Waals surface area contributed by atoms with E-state index in [2.05, 4.69) is 10.9 Å². The molecule has 2 amide bonds. The molecule has 9 heteroatoms. The van der Waals surface area contributed by atoms with Crippen LogP contribution in [0.2, 0.25) is 5.02 Å². The van der Waals surface area contributed by atoms with E-state index < -0.39 is 22.4 Å². The Labute approximate surface area is 147 Å². The first-order valence-corrected chi connectivity index (χ1v) is 7.47. The molecule has 0 atom stereocenters. The van der Waals surface area contributed by atoms with Crippen LogP contribution in [0.1, 0.15) is 15.9 Å². The van der Waals surface area contributed by atoms with Gasteiger partial charge in [0.15, 0.2) is 6.61 Å². The predicted molar refractivity (Wildman–Crippen MR) is 90.4 cm³/mol. The number of amides is 2. The molecule has 0 aliphatic carbocycles. The number of nitrogens with one attached hydrogen (secondary N) is 2. The molecule has 0 radical (unpaired) electrons. The van der Waals surface area contributed by atoms with E-state index in [-0.39, 0.29) is 17.2 Å². The second-order valence-electron chi connectivity index (χ2n) is 5.03. The fourth-order valence-corrected chi connectivity index (χ4v) is 2.00. The molecule has 0 saturated carbocycles. The number of ether oxygens (including phenoxy) is 1. The van der Waals surface area contributed by atoms with Crippen LogP contribution in [-0.4, -0.2) is 23.3 Å². The van der Waals surface area contributed by atoms with Gasteiger partial charge in [-0.15, -0.1) is 0 Å². The van der Waals surface area contributed by atoms with E-state index in [0.717, 1.165) is 11.6 Å². The van der Waals surface area contributed by atoms with E-state index in [0.29, 0.717) is 5.75 Å². The highest BCUT2D eigenvalue weighted by atomic mass is 35.5. The first kappa shape index (κ1) is 18.2. The summed E-state index contributed by atoms with van der Waals surface area (Å²) in [7, 11) is 0. The number of hydrogen-bond donors (Lipinski definition) is 2. The summed E-state index contributed by atoms with van der Waals surface area (Å²) >= 11 is 5.67. The Kier molecular flexibility index (Phi) is 5.91. The number of halogens is 1. The van der Waals surface area contributed by atoms with Crippen LogP contribution in [0, 0.1) is 17.0 Å². The lowest BCUT2D eigenvalue weighted by Crippen LogP contribution is -2.43. The van der Waals surface area contributed by atoms with Gasteiger partial charge in [-0.2, -0.15) is 0 Å². The lowest BCUT2D eigenvalue weighted by Gasteiger charge is -2.09. The van der Waals surface area contributed by atoms with Crippen molar-refractivity contribution in [2.75, 3.05) is 6.61 Å². The van der Waals surface area contributed by atoms with Crippen LogP contribution in [0.4, 0.5) is 5.69 Å². The number of carbonyl (C=O) groups is 2. The average Bonchev–Trinajstić information content (AvgIpc) is 2.59. The topological polar surface area (TPSA) is 111 Å². The van der Waals surface area contributed by atoms with Gasteiger partial charge < -0.3 is 4.74 Å². The highest BCUT2D eigenvalue weighted by Gasteiger charge is 2.16. The highest BCUT2D eigenvalue weighted by molar-refractivity contribution is 6.32. The van der Waals surface area contributed by atoms with Crippen molar-refractivity contribution in [3.8, 4) is 5.75 Å². The maximum Gasteiger partial charge on any atom is 0.288 e.